The molecule has 0 radical (unpaired) electrons. The maximum atomic E-state index is 10.7. The second-order valence-electron chi connectivity index (χ2n) is 12.2. The van der Waals surface area contributed by atoms with Crippen molar-refractivity contribution in [1.82, 2.24) is 0 Å². The summed E-state index contributed by atoms with van der Waals surface area (Å²) in [6, 6.07) is 0. The zero-order valence-electron chi connectivity index (χ0n) is 27.6. The Morgan fingerprint density at radius 2 is 1.65 bits per heavy atom. The van der Waals surface area contributed by atoms with E-state index in [0.717, 1.165) is 49.4 Å². The number of hydrogen-bond acceptors (Lipinski definition) is 2. The highest BCUT2D eigenvalue weighted by molar-refractivity contribution is 5.81. The van der Waals surface area contributed by atoms with Gasteiger partial charge in [0.15, 0.2) is 0 Å². The second-order valence-corrected chi connectivity index (χ2v) is 12.2. The van der Waals surface area contributed by atoms with E-state index in [0.29, 0.717) is 17.1 Å². The number of rotatable bonds is 4. The maximum absolute atomic E-state index is 10.7. The van der Waals surface area contributed by atoms with Crippen molar-refractivity contribution in [1.29, 1.82) is 0 Å². The van der Waals surface area contributed by atoms with Crippen LogP contribution in [0.5, 0.6) is 0 Å². The third kappa shape index (κ3) is 12.0. The molecule has 3 unspecified atom stereocenters. The highest BCUT2D eigenvalue weighted by Crippen LogP contribution is 2.55. The normalized spacial score (nSPS) is 30.3. The van der Waals surface area contributed by atoms with E-state index in [9.17, 15) is 9.59 Å². The molecule has 3 rings (SSSR count). The van der Waals surface area contributed by atoms with Crippen LogP contribution in [0.25, 0.3) is 0 Å². The van der Waals surface area contributed by atoms with Crippen LogP contribution in [0.3, 0.4) is 0 Å². The van der Waals surface area contributed by atoms with E-state index in [4.69, 9.17) is 0 Å². The van der Waals surface area contributed by atoms with Crippen LogP contribution in [0.2, 0.25) is 0 Å². The summed E-state index contributed by atoms with van der Waals surface area (Å²) in [5.74, 6) is 4.56. The first-order valence-electron chi connectivity index (χ1n) is 15.7. The molecule has 0 spiro atoms. The predicted octanol–water partition coefficient (Wildman–Crippen LogP) is 11.3. The van der Waals surface area contributed by atoms with Crippen molar-refractivity contribution in [2.24, 2.45) is 40.4 Å². The van der Waals surface area contributed by atoms with Crippen LogP contribution in [0.1, 0.15) is 150 Å². The average Bonchev–Trinajstić information content (AvgIpc) is 2.86. The van der Waals surface area contributed by atoms with Gasteiger partial charge in [-0.25, -0.2) is 0 Å². The van der Waals surface area contributed by atoms with Gasteiger partial charge in [-0.2, -0.15) is 0 Å². The fourth-order valence-corrected chi connectivity index (χ4v) is 5.75. The Balaban J connectivity index is -0.000000494. The molecule has 220 valence electrons. The van der Waals surface area contributed by atoms with Gasteiger partial charge in [-0.1, -0.05) is 115 Å². The van der Waals surface area contributed by atoms with Crippen LogP contribution < -0.4 is 0 Å². The van der Waals surface area contributed by atoms with Gasteiger partial charge in [0.2, 0.25) is 0 Å². The van der Waals surface area contributed by atoms with Crippen LogP contribution in [-0.2, 0) is 9.59 Å². The molecular weight excluding hydrogens is 452 g/mol. The van der Waals surface area contributed by atoms with E-state index in [1.54, 1.807) is 12.5 Å². The second kappa shape index (κ2) is 19.0. The SMILES string of the molecule is CC.CC.CCC(C)(C)C(C)=O.CCCC1[C@@H](C)C=CC2=CC(C)CC(C)[C@@]21C.C[C@@H]1CCCC(=O)C1.[HH]. The molecule has 0 aromatic rings. The molecule has 2 nitrogen and oxygen atoms in total. The number of carbonyl (C=O) groups excluding carboxylic acids is 2. The van der Waals surface area contributed by atoms with Crippen molar-refractivity contribution < 1.29 is 11.0 Å². The fourth-order valence-electron chi connectivity index (χ4n) is 5.75. The molecule has 0 aromatic carbocycles. The van der Waals surface area contributed by atoms with Crippen molar-refractivity contribution in [3.8, 4) is 0 Å². The van der Waals surface area contributed by atoms with E-state index in [1.807, 2.05) is 48.5 Å². The van der Waals surface area contributed by atoms with Crippen molar-refractivity contribution >= 4 is 11.6 Å². The van der Waals surface area contributed by atoms with Crippen molar-refractivity contribution in [2.45, 2.75) is 148 Å². The summed E-state index contributed by atoms with van der Waals surface area (Å²) in [7, 11) is 0. The Labute approximate surface area is 235 Å². The summed E-state index contributed by atoms with van der Waals surface area (Å²) in [5, 5.41) is 0. The van der Waals surface area contributed by atoms with Crippen molar-refractivity contribution in [2.75, 3.05) is 0 Å². The molecule has 2 heteroatoms. The summed E-state index contributed by atoms with van der Waals surface area (Å²) >= 11 is 0. The molecule has 0 bridgehead atoms. The molecule has 0 aromatic heterocycles. The molecule has 0 aliphatic heterocycles. The first-order chi connectivity index (χ1) is 17.3. The van der Waals surface area contributed by atoms with Gasteiger partial charge in [-0.3, -0.25) is 9.59 Å². The number of ketones is 2. The van der Waals surface area contributed by atoms with Gasteiger partial charge < -0.3 is 0 Å². The predicted molar refractivity (Wildman–Crippen MR) is 168 cm³/mol. The molecule has 37 heavy (non-hydrogen) atoms. The van der Waals surface area contributed by atoms with Gasteiger partial charge in [0.1, 0.15) is 11.6 Å². The van der Waals surface area contributed by atoms with Gasteiger partial charge in [0.25, 0.3) is 0 Å². The van der Waals surface area contributed by atoms with Gasteiger partial charge in [0.05, 0.1) is 0 Å². The number of Topliss-reactive ketones (excluding diaryl/α,β-unsaturated/α-hetero) is 2. The Hall–Kier alpha value is -1.18. The number of allylic oxidation sites excluding steroid dienone is 4. The summed E-state index contributed by atoms with van der Waals surface area (Å²) in [4.78, 5) is 21.4. The van der Waals surface area contributed by atoms with E-state index in [1.165, 1.54) is 25.7 Å². The summed E-state index contributed by atoms with van der Waals surface area (Å²) in [6.45, 7) is 29.8. The summed E-state index contributed by atoms with van der Waals surface area (Å²) in [6.07, 6.45) is 16.4. The van der Waals surface area contributed by atoms with E-state index < -0.39 is 0 Å². The first-order valence-corrected chi connectivity index (χ1v) is 15.7. The molecule has 3 aliphatic rings. The average molecular weight is 521 g/mol. The molecule has 0 N–H and O–H groups in total. The van der Waals surface area contributed by atoms with E-state index in [2.05, 4.69) is 59.8 Å². The largest absolute Gasteiger partial charge is 0.300 e. The Kier molecular flexibility index (Phi) is 19.5. The van der Waals surface area contributed by atoms with Crippen LogP contribution in [0.15, 0.2) is 23.8 Å². The monoisotopic (exact) mass is 521 g/mol. The molecule has 0 heterocycles. The van der Waals surface area contributed by atoms with E-state index >= 15 is 0 Å². The smallest absolute Gasteiger partial charge is 0.135 e. The standard InChI is InChI=1S/C17H28.C7H12O.C7H14O.2C2H6.H2/c1-6-7-16-13(3)8-9-15-11-12(2)10-14(4)17(15,16)5;1-6-3-2-4-7(8)5-6;1-5-7(3,4)6(2)8;2*1-2;/h8-9,11-14,16H,6-7,10H2,1-5H3;6H,2-5H2,1H3;5H2,1-4H3;2*1-2H3;1H/t12?,13-,14?,16?,17-;6-;;;;/m01..../s1. The quantitative estimate of drug-likeness (QED) is 0.369. The third-order valence-corrected chi connectivity index (χ3v) is 8.98. The van der Waals surface area contributed by atoms with Gasteiger partial charge in [-0.15, -0.1) is 0 Å². The number of fused-ring (bicyclic) bond motifs is 1. The highest BCUT2D eigenvalue weighted by Gasteiger charge is 2.46. The number of hydrogen-bond donors (Lipinski definition) is 0. The molecule has 6 atom stereocenters. The highest BCUT2D eigenvalue weighted by atomic mass is 16.1. The van der Waals surface area contributed by atoms with Crippen LogP contribution in [-0.4, -0.2) is 11.6 Å². The van der Waals surface area contributed by atoms with Crippen LogP contribution in [0, 0.1) is 40.4 Å². The lowest BCUT2D eigenvalue weighted by Crippen LogP contribution is -2.43. The van der Waals surface area contributed by atoms with Gasteiger partial charge >= 0.3 is 0 Å². The van der Waals surface area contributed by atoms with E-state index in [-0.39, 0.29) is 12.6 Å². The topological polar surface area (TPSA) is 34.1 Å². The minimum absolute atomic E-state index is 0. The van der Waals surface area contributed by atoms with Gasteiger partial charge in [-0.05, 0) is 79.6 Å². The molecule has 1 saturated carbocycles. The molecule has 0 amide bonds. The molecule has 1 fully saturated rings. The number of carbonyl (C=O) groups is 2. The van der Waals surface area contributed by atoms with Gasteiger partial charge in [0, 0.05) is 19.7 Å². The minimum Gasteiger partial charge on any atom is -0.300 e. The lowest BCUT2D eigenvalue weighted by atomic mass is 9.53. The molecule has 3 aliphatic carbocycles. The molecular formula is C35H68O2. The molecule has 0 saturated heterocycles. The zero-order valence-corrected chi connectivity index (χ0v) is 27.6. The Bertz CT molecular complexity index is 705. The lowest BCUT2D eigenvalue weighted by Gasteiger charge is -2.51. The minimum atomic E-state index is -0.0972. The lowest BCUT2D eigenvalue weighted by molar-refractivity contribution is -0.125. The summed E-state index contributed by atoms with van der Waals surface area (Å²) < 4.78 is 0. The third-order valence-electron chi connectivity index (χ3n) is 8.98. The Morgan fingerprint density at radius 1 is 1.08 bits per heavy atom. The first kappa shape index (κ1) is 38.0. The fraction of sp³-hybridized carbons (Fsp3) is 0.829. The van der Waals surface area contributed by atoms with Crippen LogP contribution >= 0.6 is 0 Å². The zero-order chi connectivity index (χ0) is 29.4. The maximum Gasteiger partial charge on any atom is 0.135 e. The van der Waals surface area contributed by atoms with Crippen molar-refractivity contribution in [3.63, 3.8) is 0 Å². The van der Waals surface area contributed by atoms with Crippen LogP contribution in [0.4, 0.5) is 0 Å². The summed E-state index contributed by atoms with van der Waals surface area (Å²) in [5.41, 5.74) is 1.96. The van der Waals surface area contributed by atoms with Crippen molar-refractivity contribution in [3.05, 3.63) is 23.8 Å². The Morgan fingerprint density at radius 3 is 2.03 bits per heavy atom.